The minimum atomic E-state index is -4.77. The first kappa shape index (κ1) is 23.5. The largest absolute Gasteiger partial charge is 0.573 e. The third-order valence-corrected chi connectivity index (χ3v) is 4.09. The van der Waals surface area contributed by atoms with Crippen LogP contribution in [0.15, 0.2) is 66.7 Å². The van der Waals surface area contributed by atoms with Gasteiger partial charge in [-0.2, -0.15) is 0 Å². The summed E-state index contributed by atoms with van der Waals surface area (Å²) in [6, 6.07) is 12.9. The second kappa shape index (κ2) is 9.98. The molecule has 3 aromatic rings. The lowest BCUT2D eigenvalue weighted by Gasteiger charge is -2.11. The van der Waals surface area contributed by atoms with Crippen LogP contribution in [0.1, 0.15) is 15.9 Å². The highest BCUT2D eigenvalue weighted by Crippen LogP contribution is 2.23. The summed E-state index contributed by atoms with van der Waals surface area (Å²) in [6.45, 7) is 0.0578. The standard InChI is InChI=1S/C22H15F5N2O4/c23-17-2-1-3-18(24)19(17)20(30)29-21(31)28-14-6-10-15(11-7-14)32-12-13-4-8-16(9-5-13)33-22(25,26)27/h1-11H,12H2,(H2,28,29,30,31). The highest BCUT2D eigenvalue weighted by atomic mass is 19.4. The predicted octanol–water partition coefficient (Wildman–Crippen LogP) is 5.40. The average Bonchev–Trinajstić information content (AvgIpc) is 2.73. The highest BCUT2D eigenvalue weighted by Gasteiger charge is 2.30. The number of carbonyl (C=O) groups is 2. The van der Waals surface area contributed by atoms with Crippen molar-refractivity contribution in [2.45, 2.75) is 13.0 Å². The molecule has 0 spiro atoms. The van der Waals surface area contributed by atoms with Crippen molar-refractivity contribution < 1.29 is 41.0 Å². The lowest BCUT2D eigenvalue weighted by Crippen LogP contribution is -2.35. The molecule has 0 saturated carbocycles. The molecule has 172 valence electrons. The lowest BCUT2D eigenvalue weighted by molar-refractivity contribution is -0.274. The van der Waals surface area contributed by atoms with Crippen molar-refractivity contribution in [2.75, 3.05) is 5.32 Å². The van der Waals surface area contributed by atoms with E-state index in [2.05, 4.69) is 10.1 Å². The fraction of sp³-hybridized carbons (Fsp3) is 0.0909. The summed E-state index contributed by atoms with van der Waals surface area (Å²) >= 11 is 0. The minimum absolute atomic E-state index is 0.0578. The number of benzene rings is 3. The molecular weight excluding hydrogens is 451 g/mol. The Morgan fingerprint density at radius 2 is 1.39 bits per heavy atom. The summed E-state index contributed by atoms with van der Waals surface area (Å²) in [4.78, 5) is 23.8. The molecule has 11 heteroatoms. The summed E-state index contributed by atoms with van der Waals surface area (Å²) in [5.74, 6) is -3.42. The van der Waals surface area contributed by atoms with Crippen molar-refractivity contribution in [3.8, 4) is 11.5 Å². The lowest BCUT2D eigenvalue weighted by atomic mass is 10.2. The first-order chi connectivity index (χ1) is 15.6. The molecule has 0 atom stereocenters. The summed E-state index contributed by atoms with van der Waals surface area (Å²) in [6.07, 6.45) is -4.77. The van der Waals surface area contributed by atoms with Crippen molar-refractivity contribution in [1.82, 2.24) is 5.32 Å². The normalized spacial score (nSPS) is 10.9. The van der Waals surface area contributed by atoms with E-state index in [0.29, 0.717) is 11.3 Å². The van der Waals surface area contributed by atoms with Gasteiger partial charge in [-0.1, -0.05) is 18.2 Å². The molecule has 0 radical (unpaired) electrons. The summed E-state index contributed by atoms with van der Waals surface area (Å²) in [5.41, 5.74) is -0.0327. The van der Waals surface area contributed by atoms with Crippen LogP contribution in [0.5, 0.6) is 11.5 Å². The zero-order chi connectivity index (χ0) is 24.0. The zero-order valence-corrected chi connectivity index (χ0v) is 16.6. The summed E-state index contributed by atoms with van der Waals surface area (Å²) < 4.78 is 73.0. The Hall–Kier alpha value is -4.15. The summed E-state index contributed by atoms with van der Waals surface area (Å²) in [7, 11) is 0. The van der Waals surface area contributed by atoms with E-state index in [1.165, 1.54) is 36.4 Å². The molecule has 0 bridgehead atoms. The topological polar surface area (TPSA) is 76.7 Å². The van der Waals surface area contributed by atoms with Crippen LogP contribution in [0.3, 0.4) is 0 Å². The van der Waals surface area contributed by atoms with Gasteiger partial charge < -0.3 is 14.8 Å². The SMILES string of the molecule is O=C(NC(=O)c1c(F)cccc1F)Nc1ccc(OCc2ccc(OC(F)(F)F)cc2)cc1. The maximum atomic E-state index is 13.6. The van der Waals surface area contributed by atoms with E-state index in [1.54, 1.807) is 0 Å². The molecule has 0 saturated heterocycles. The molecule has 0 heterocycles. The van der Waals surface area contributed by atoms with Gasteiger partial charge in [-0.25, -0.2) is 13.6 Å². The number of hydrogen-bond acceptors (Lipinski definition) is 4. The Balaban J connectivity index is 1.51. The molecule has 3 rings (SSSR count). The predicted molar refractivity (Wildman–Crippen MR) is 107 cm³/mol. The quantitative estimate of drug-likeness (QED) is 0.477. The number of alkyl halides is 3. The van der Waals surface area contributed by atoms with Crippen molar-refractivity contribution in [2.24, 2.45) is 0 Å². The maximum Gasteiger partial charge on any atom is 0.573 e. The van der Waals surface area contributed by atoms with Gasteiger partial charge in [0.25, 0.3) is 5.91 Å². The van der Waals surface area contributed by atoms with Crippen LogP contribution < -0.4 is 20.1 Å². The van der Waals surface area contributed by atoms with Crippen LogP contribution in [0.4, 0.5) is 32.4 Å². The Labute approximate surface area is 183 Å². The molecular formula is C22H15F5N2O4. The zero-order valence-electron chi connectivity index (χ0n) is 16.6. The monoisotopic (exact) mass is 466 g/mol. The molecule has 6 nitrogen and oxygen atoms in total. The fourth-order valence-electron chi connectivity index (χ4n) is 2.63. The third kappa shape index (κ3) is 6.92. The molecule has 33 heavy (non-hydrogen) atoms. The highest BCUT2D eigenvalue weighted by molar-refractivity contribution is 6.08. The number of urea groups is 1. The fourth-order valence-corrected chi connectivity index (χ4v) is 2.63. The Kier molecular flexibility index (Phi) is 7.11. The maximum absolute atomic E-state index is 13.6. The van der Waals surface area contributed by atoms with E-state index in [9.17, 15) is 31.5 Å². The van der Waals surface area contributed by atoms with Crippen LogP contribution in [-0.2, 0) is 6.61 Å². The third-order valence-electron chi connectivity index (χ3n) is 4.09. The number of imide groups is 1. The van der Waals surface area contributed by atoms with Gasteiger partial charge in [-0.15, -0.1) is 13.2 Å². The molecule has 0 aliphatic rings. The van der Waals surface area contributed by atoms with Crippen LogP contribution in [0.2, 0.25) is 0 Å². The van der Waals surface area contributed by atoms with E-state index in [-0.39, 0.29) is 18.0 Å². The van der Waals surface area contributed by atoms with Crippen molar-refractivity contribution in [3.63, 3.8) is 0 Å². The number of hydrogen-bond donors (Lipinski definition) is 2. The van der Waals surface area contributed by atoms with Gasteiger partial charge >= 0.3 is 12.4 Å². The van der Waals surface area contributed by atoms with Crippen LogP contribution >= 0.6 is 0 Å². The Morgan fingerprint density at radius 3 is 1.97 bits per heavy atom. The Morgan fingerprint density at radius 1 is 0.818 bits per heavy atom. The number of ether oxygens (including phenoxy) is 2. The molecule has 0 unspecified atom stereocenters. The number of amides is 3. The van der Waals surface area contributed by atoms with Crippen molar-refractivity contribution >= 4 is 17.6 Å². The van der Waals surface area contributed by atoms with E-state index < -0.39 is 35.5 Å². The molecule has 0 aliphatic carbocycles. The molecule has 0 fully saturated rings. The molecule has 3 amide bonds. The van der Waals surface area contributed by atoms with Gasteiger partial charge in [0.15, 0.2) is 0 Å². The van der Waals surface area contributed by atoms with Gasteiger partial charge in [0.1, 0.15) is 35.3 Å². The van der Waals surface area contributed by atoms with Gasteiger partial charge in [-0.3, -0.25) is 10.1 Å². The number of halogens is 5. The van der Waals surface area contributed by atoms with E-state index in [4.69, 9.17) is 4.74 Å². The number of carbonyl (C=O) groups excluding carboxylic acids is 2. The van der Waals surface area contributed by atoms with Crippen LogP contribution in [0.25, 0.3) is 0 Å². The van der Waals surface area contributed by atoms with Gasteiger partial charge in [0, 0.05) is 5.69 Å². The molecule has 0 aromatic heterocycles. The molecule has 3 aromatic carbocycles. The number of anilines is 1. The van der Waals surface area contributed by atoms with E-state index in [1.807, 2.05) is 5.32 Å². The van der Waals surface area contributed by atoms with Crippen molar-refractivity contribution in [3.05, 3.63) is 89.5 Å². The van der Waals surface area contributed by atoms with Crippen molar-refractivity contribution in [1.29, 1.82) is 0 Å². The Bertz CT molecular complexity index is 1110. The van der Waals surface area contributed by atoms with Crippen LogP contribution in [0, 0.1) is 11.6 Å². The number of nitrogens with one attached hydrogen (secondary N) is 2. The summed E-state index contributed by atoms with van der Waals surface area (Å²) in [5, 5.41) is 4.16. The molecule has 0 aliphatic heterocycles. The van der Waals surface area contributed by atoms with E-state index in [0.717, 1.165) is 30.3 Å². The first-order valence-corrected chi connectivity index (χ1v) is 9.24. The van der Waals surface area contributed by atoms with Gasteiger partial charge in [-0.05, 0) is 54.1 Å². The van der Waals surface area contributed by atoms with E-state index >= 15 is 0 Å². The second-order valence-corrected chi connectivity index (χ2v) is 6.51. The van der Waals surface area contributed by atoms with Crippen LogP contribution in [-0.4, -0.2) is 18.3 Å². The number of rotatable bonds is 6. The molecule has 2 N–H and O–H groups in total. The second-order valence-electron chi connectivity index (χ2n) is 6.51. The van der Waals surface area contributed by atoms with Gasteiger partial charge in [0.2, 0.25) is 0 Å². The minimum Gasteiger partial charge on any atom is -0.489 e. The average molecular weight is 466 g/mol. The smallest absolute Gasteiger partial charge is 0.489 e. The van der Waals surface area contributed by atoms with Gasteiger partial charge in [0.05, 0.1) is 0 Å². The first-order valence-electron chi connectivity index (χ1n) is 9.24.